The van der Waals surface area contributed by atoms with Crippen LogP contribution in [0.3, 0.4) is 0 Å². The van der Waals surface area contributed by atoms with Gasteiger partial charge >= 0.3 is 6.09 Å². The molecule has 2 aliphatic heterocycles. The van der Waals surface area contributed by atoms with E-state index < -0.39 is 58.7 Å². The molecule has 4 N–H and O–H groups in total. The van der Waals surface area contributed by atoms with Crippen LogP contribution in [-0.4, -0.2) is 84.7 Å². The van der Waals surface area contributed by atoms with Crippen molar-refractivity contribution in [2.75, 3.05) is 20.8 Å². The summed E-state index contributed by atoms with van der Waals surface area (Å²) in [6.45, 7) is 5.31. The van der Waals surface area contributed by atoms with Crippen molar-refractivity contribution in [3.63, 3.8) is 0 Å². The Bertz CT molecular complexity index is 1670. The van der Waals surface area contributed by atoms with Gasteiger partial charge in [-0.3, -0.25) is 19.2 Å². The van der Waals surface area contributed by atoms with Gasteiger partial charge in [-0.2, -0.15) is 0 Å². The largest absolute Gasteiger partial charge is 0.497 e. The van der Waals surface area contributed by atoms with Crippen molar-refractivity contribution >= 4 is 35.3 Å². The van der Waals surface area contributed by atoms with Gasteiger partial charge < -0.3 is 40.3 Å². The Morgan fingerprint density at radius 2 is 1.76 bits per heavy atom. The zero-order valence-electron chi connectivity index (χ0n) is 29.7. The standard InChI is InChI=1S/C37H47N5O9/c1-36(2,3)31(40-35(47)50-20-23-10-7-6-8-11-23)34(46)42-21-37(18-27(41-51-37)25-15-14-24(48-4)17-29(25)49-5)19-28(42)33(45)39-26(30(43)32(38)44)16-22-12-9-13-22/h6-8,10-11,14-15,17,22,26,28,31H,9,12-13,16,18-21H2,1-5H3,(H2,38,44)(H,39,45)(H,40,47)/t26?,28-,31+,37+/m0/s1. The maximum atomic E-state index is 14.5. The Kier molecular flexibility index (Phi) is 11.2. The second kappa shape index (κ2) is 15.4. The van der Waals surface area contributed by atoms with Crippen LogP contribution in [0.15, 0.2) is 53.7 Å². The molecule has 1 aliphatic carbocycles. The summed E-state index contributed by atoms with van der Waals surface area (Å²) >= 11 is 0. The third-order valence-corrected chi connectivity index (χ3v) is 9.80. The molecule has 1 saturated heterocycles. The van der Waals surface area contributed by atoms with Crippen LogP contribution in [0.5, 0.6) is 11.5 Å². The number of nitrogens with zero attached hydrogens (tertiary/aromatic N) is 2. The van der Waals surface area contributed by atoms with E-state index in [1.54, 1.807) is 46.1 Å². The second-order valence-electron chi connectivity index (χ2n) is 14.6. The number of likely N-dealkylation sites (tertiary alicyclic amines) is 1. The smallest absolute Gasteiger partial charge is 0.408 e. The highest BCUT2D eigenvalue weighted by Crippen LogP contribution is 2.41. The van der Waals surface area contributed by atoms with E-state index in [0.717, 1.165) is 24.8 Å². The number of carbonyl (C=O) groups is 5. The van der Waals surface area contributed by atoms with Crippen LogP contribution in [0.4, 0.5) is 4.79 Å². The third kappa shape index (κ3) is 8.61. The van der Waals surface area contributed by atoms with Crippen molar-refractivity contribution in [1.82, 2.24) is 15.5 Å². The van der Waals surface area contributed by atoms with Gasteiger partial charge in [-0.1, -0.05) is 75.5 Å². The number of nitrogens with one attached hydrogen (secondary N) is 2. The molecule has 0 radical (unpaired) electrons. The van der Waals surface area contributed by atoms with E-state index in [2.05, 4.69) is 15.8 Å². The Balaban J connectivity index is 1.41. The molecule has 2 aromatic carbocycles. The van der Waals surface area contributed by atoms with Crippen LogP contribution in [0.25, 0.3) is 0 Å². The summed E-state index contributed by atoms with van der Waals surface area (Å²) in [7, 11) is 3.07. The van der Waals surface area contributed by atoms with E-state index in [4.69, 9.17) is 24.8 Å². The third-order valence-electron chi connectivity index (χ3n) is 9.80. The lowest BCUT2D eigenvalue weighted by Crippen LogP contribution is -2.59. The number of hydrogen-bond acceptors (Lipinski definition) is 10. The van der Waals surface area contributed by atoms with E-state index >= 15 is 0 Å². The maximum absolute atomic E-state index is 14.5. The molecule has 1 saturated carbocycles. The molecule has 3 aliphatic rings. The van der Waals surface area contributed by atoms with Crippen molar-refractivity contribution in [2.24, 2.45) is 22.2 Å². The van der Waals surface area contributed by atoms with Gasteiger partial charge in [0.15, 0.2) is 5.60 Å². The average molecular weight is 706 g/mol. The van der Waals surface area contributed by atoms with Crippen molar-refractivity contribution < 1.29 is 43.0 Å². The van der Waals surface area contributed by atoms with Crippen molar-refractivity contribution in [2.45, 2.75) is 89.6 Å². The first-order valence-electron chi connectivity index (χ1n) is 17.1. The minimum Gasteiger partial charge on any atom is -0.497 e. The van der Waals surface area contributed by atoms with Crippen LogP contribution in [0.2, 0.25) is 0 Å². The number of amides is 4. The fraction of sp³-hybridized carbons (Fsp3) is 0.514. The number of oxime groups is 1. The summed E-state index contributed by atoms with van der Waals surface area (Å²) in [4.78, 5) is 74.0. The number of methoxy groups -OCH3 is 2. The fourth-order valence-electron chi connectivity index (χ4n) is 6.74. The molecule has 14 nitrogen and oxygen atoms in total. The first-order valence-corrected chi connectivity index (χ1v) is 17.1. The van der Waals surface area contributed by atoms with E-state index in [1.807, 2.05) is 30.3 Å². The molecule has 1 spiro atoms. The lowest BCUT2D eigenvalue weighted by molar-refractivity contribution is -0.144. The second-order valence-corrected chi connectivity index (χ2v) is 14.6. The first kappa shape index (κ1) is 37.1. The van der Waals surface area contributed by atoms with Gasteiger partial charge in [-0.05, 0) is 35.4 Å². The predicted molar refractivity (Wildman–Crippen MR) is 186 cm³/mol. The first-order chi connectivity index (χ1) is 24.2. The average Bonchev–Trinajstić information content (AvgIpc) is 3.69. The van der Waals surface area contributed by atoms with Crippen LogP contribution in [0.1, 0.15) is 70.4 Å². The van der Waals surface area contributed by atoms with Crippen LogP contribution < -0.4 is 25.8 Å². The highest BCUT2D eigenvalue weighted by atomic mass is 16.7. The highest BCUT2D eigenvalue weighted by molar-refractivity contribution is 6.37. The monoisotopic (exact) mass is 705 g/mol. The SMILES string of the molecule is COc1ccc(C2=NO[C@]3(C2)C[C@@H](C(=O)NC(CC2CCC2)C(=O)C(N)=O)N(C(=O)[C@@H](NC(=O)OCc2ccccc2)C(C)(C)C)C3)c(OC)c1. The summed E-state index contributed by atoms with van der Waals surface area (Å²) in [6.07, 6.45) is 2.45. The van der Waals surface area contributed by atoms with Gasteiger partial charge in [0.1, 0.15) is 30.2 Å². The Hall–Kier alpha value is -5.14. The van der Waals surface area contributed by atoms with E-state index in [-0.39, 0.29) is 38.3 Å². The summed E-state index contributed by atoms with van der Waals surface area (Å²) in [5.74, 6) is -1.98. The zero-order valence-corrected chi connectivity index (χ0v) is 29.7. The van der Waals surface area contributed by atoms with Crippen molar-refractivity contribution in [3.8, 4) is 11.5 Å². The molecule has 274 valence electrons. The Labute approximate surface area is 297 Å². The quantitative estimate of drug-likeness (QED) is 0.263. The van der Waals surface area contributed by atoms with Gasteiger partial charge in [0.05, 0.1) is 32.5 Å². The van der Waals surface area contributed by atoms with Crippen LogP contribution in [0, 0.1) is 11.3 Å². The normalized spacial score (nSPS) is 21.1. The molecule has 5 rings (SSSR count). The van der Waals surface area contributed by atoms with Gasteiger partial charge in [-0.25, -0.2) is 4.79 Å². The lowest BCUT2D eigenvalue weighted by atomic mass is 9.80. The molecular weight excluding hydrogens is 658 g/mol. The number of benzene rings is 2. The molecule has 0 bridgehead atoms. The summed E-state index contributed by atoms with van der Waals surface area (Å²) < 4.78 is 16.4. The number of rotatable bonds is 13. The molecule has 14 heteroatoms. The van der Waals surface area contributed by atoms with E-state index in [1.165, 1.54) is 12.0 Å². The molecule has 51 heavy (non-hydrogen) atoms. The van der Waals surface area contributed by atoms with Gasteiger partial charge in [0.2, 0.25) is 17.6 Å². The van der Waals surface area contributed by atoms with Gasteiger partial charge in [0, 0.05) is 24.5 Å². The molecule has 2 heterocycles. The van der Waals surface area contributed by atoms with Crippen LogP contribution in [-0.2, 0) is 35.4 Å². The predicted octanol–water partition coefficient (Wildman–Crippen LogP) is 3.24. The molecular formula is C37H47N5O9. The number of ether oxygens (including phenoxy) is 3. The number of nitrogens with two attached hydrogens (primary N) is 1. The molecule has 2 aromatic rings. The number of carbonyl (C=O) groups excluding carboxylic acids is 5. The number of ketones is 1. The van der Waals surface area contributed by atoms with E-state index in [9.17, 15) is 24.0 Å². The Morgan fingerprint density at radius 3 is 2.37 bits per heavy atom. The van der Waals surface area contributed by atoms with Gasteiger partial charge in [0.25, 0.3) is 5.91 Å². The summed E-state index contributed by atoms with van der Waals surface area (Å²) in [6, 6.07) is 11.0. The molecule has 2 fully saturated rings. The highest BCUT2D eigenvalue weighted by Gasteiger charge is 2.56. The maximum Gasteiger partial charge on any atom is 0.408 e. The number of hydrogen-bond donors (Lipinski definition) is 3. The number of primary amides is 1. The molecule has 4 atom stereocenters. The van der Waals surface area contributed by atoms with E-state index in [0.29, 0.717) is 22.8 Å². The topological polar surface area (TPSA) is 188 Å². The van der Waals surface area contributed by atoms with Crippen molar-refractivity contribution in [1.29, 1.82) is 0 Å². The van der Waals surface area contributed by atoms with Crippen LogP contribution >= 0.6 is 0 Å². The summed E-state index contributed by atoms with van der Waals surface area (Å²) in [5, 5.41) is 9.84. The Morgan fingerprint density at radius 1 is 1.04 bits per heavy atom. The number of Topliss-reactive ketones (excluding diaryl/α,β-unsaturated/α-hetero) is 1. The molecule has 0 aromatic heterocycles. The number of alkyl carbamates (subject to hydrolysis) is 1. The minimum absolute atomic E-state index is 0.00532. The zero-order chi connectivity index (χ0) is 36.9. The lowest BCUT2D eigenvalue weighted by Gasteiger charge is -2.35. The molecule has 1 unspecified atom stereocenters. The fourth-order valence-corrected chi connectivity index (χ4v) is 6.74. The van der Waals surface area contributed by atoms with Crippen molar-refractivity contribution in [3.05, 3.63) is 59.7 Å². The minimum atomic E-state index is -1.15. The summed E-state index contributed by atoms with van der Waals surface area (Å²) in [5.41, 5.74) is 5.41. The molecule has 4 amide bonds. The van der Waals surface area contributed by atoms with Gasteiger partial charge in [-0.15, -0.1) is 0 Å².